The Morgan fingerprint density at radius 3 is 2.44 bits per heavy atom. The molecular weight excluding hydrogens is 332 g/mol. The van der Waals surface area contributed by atoms with Gasteiger partial charge >= 0.3 is 5.97 Å². The minimum atomic E-state index is -2.18. The highest BCUT2D eigenvalue weighted by Gasteiger charge is 2.49. The number of allylic oxidation sites excluding steroid dienone is 1. The fourth-order valence-corrected chi connectivity index (χ4v) is 2.95. The number of carbonyl (C=O) groups is 2. The Hall–Kier alpha value is -2.42. The van der Waals surface area contributed by atoms with Gasteiger partial charge in [0.25, 0.3) is 0 Å². The SMILES string of the molecule is O=C(C=Cc1ccc(O)c(O)c1)C[C@@H]1C[C@](O)(C(=O)O)C[C@@H](O)[C@H]1O. The van der Waals surface area contributed by atoms with Gasteiger partial charge in [0.2, 0.25) is 0 Å². The number of hydrogen-bond acceptors (Lipinski definition) is 7. The van der Waals surface area contributed by atoms with Crippen LogP contribution in [0.3, 0.4) is 0 Å². The molecule has 0 saturated heterocycles. The largest absolute Gasteiger partial charge is 0.504 e. The molecule has 136 valence electrons. The fraction of sp³-hybridized carbons (Fsp3) is 0.412. The van der Waals surface area contributed by atoms with Crippen LogP contribution >= 0.6 is 0 Å². The van der Waals surface area contributed by atoms with E-state index in [0.29, 0.717) is 5.56 Å². The third-order valence-electron chi connectivity index (χ3n) is 4.35. The Labute approximate surface area is 143 Å². The molecule has 1 saturated carbocycles. The minimum Gasteiger partial charge on any atom is -0.504 e. The first-order chi connectivity index (χ1) is 11.6. The van der Waals surface area contributed by atoms with Gasteiger partial charge in [0.15, 0.2) is 22.9 Å². The summed E-state index contributed by atoms with van der Waals surface area (Å²) in [5.74, 6) is -3.50. The van der Waals surface area contributed by atoms with E-state index in [9.17, 15) is 35.1 Å². The predicted octanol–water partition coefficient (Wildman–Crippen LogP) is 0.0177. The third kappa shape index (κ3) is 4.36. The van der Waals surface area contributed by atoms with Gasteiger partial charge in [-0.1, -0.05) is 12.1 Å². The molecule has 1 aliphatic carbocycles. The maximum Gasteiger partial charge on any atom is 0.335 e. The van der Waals surface area contributed by atoms with E-state index in [1.807, 2.05) is 0 Å². The molecule has 0 radical (unpaired) electrons. The summed E-state index contributed by atoms with van der Waals surface area (Å²) < 4.78 is 0. The van der Waals surface area contributed by atoms with Crippen LogP contribution in [-0.2, 0) is 9.59 Å². The lowest BCUT2D eigenvalue weighted by Crippen LogP contribution is -2.54. The summed E-state index contributed by atoms with van der Waals surface area (Å²) in [6.45, 7) is 0. The van der Waals surface area contributed by atoms with Gasteiger partial charge < -0.3 is 30.6 Å². The Bertz CT molecular complexity index is 698. The number of carbonyl (C=O) groups excluding carboxylic acids is 1. The molecule has 2 rings (SSSR count). The second kappa shape index (κ2) is 7.22. The van der Waals surface area contributed by atoms with Crippen molar-refractivity contribution in [3.05, 3.63) is 29.8 Å². The van der Waals surface area contributed by atoms with Gasteiger partial charge in [0, 0.05) is 12.8 Å². The number of ketones is 1. The average Bonchev–Trinajstić information content (AvgIpc) is 2.53. The molecule has 1 aliphatic rings. The Morgan fingerprint density at radius 2 is 1.84 bits per heavy atom. The number of carboxylic acids is 1. The molecule has 1 fully saturated rings. The second-order valence-corrected chi connectivity index (χ2v) is 6.31. The summed E-state index contributed by atoms with van der Waals surface area (Å²) in [4.78, 5) is 23.2. The smallest absolute Gasteiger partial charge is 0.335 e. The topological polar surface area (TPSA) is 156 Å². The first kappa shape index (κ1) is 18.9. The number of aliphatic hydroxyl groups excluding tert-OH is 2. The molecule has 25 heavy (non-hydrogen) atoms. The van der Waals surface area contributed by atoms with Gasteiger partial charge in [-0.05, 0) is 36.1 Å². The van der Waals surface area contributed by atoms with E-state index in [0.717, 1.165) is 0 Å². The molecule has 6 N–H and O–H groups in total. The maximum atomic E-state index is 12.0. The number of phenolic OH excluding ortho intramolecular Hbond substituents is 2. The molecule has 0 aliphatic heterocycles. The van der Waals surface area contributed by atoms with Crippen molar-refractivity contribution in [1.29, 1.82) is 0 Å². The summed E-state index contributed by atoms with van der Waals surface area (Å²) in [5.41, 5.74) is -1.73. The van der Waals surface area contributed by atoms with E-state index in [-0.39, 0.29) is 24.3 Å². The van der Waals surface area contributed by atoms with Gasteiger partial charge in [0.1, 0.15) is 0 Å². The van der Waals surface area contributed by atoms with Crippen molar-refractivity contribution in [3.8, 4) is 11.5 Å². The van der Waals surface area contributed by atoms with Crippen molar-refractivity contribution >= 4 is 17.8 Å². The molecule has 0 aromatic heterocycles. The highest BCUT2D eigenvalue weighted by molar-refractivity contribution is 5.94. The molecule has 0 heterocycles. The van der Waals surface area contributed by atoms with E-state index in [1.165, 1.54) is 30.4 Å². The van der Waals surface area contributed by atoms with Crippen LogP contribution in [0.25, 0.3) is 6.08 Å². The zero-order valence-electron chi connectivity index (χ0n) is 13.2. The number of phenols is 2. The van der Waals surface area contributed by atoms with Crippen molar-refractivity contribution in [2.45, 2.75) is 37.1 Å². The van der Waals surface area contributed by atoms with Gasteiger partial charge in [-0.2, -0.15) is 0 Å². The van der Waals surface area contributed by atoms with Crippen LogP contribution in [0.2, 0.25) is 0 Å². The summed E-state index contributed by atoms with van der Waals surface area (Å²) in [6, 6.07) is 3.98. The van der Waals surface area contributed by atoms with E-state index < -0.39 is 41.9 Å². The van der Waals surface area contributed by atoms with E-state index >= 15 is 0 Å². The number of rotatable bonds is 5. The van der Waals surface area contributed by atoms with E-state index in [4.69, 9.17) is 5.11 Å². The lowest BCUT2D eigenvalue weighted by Gasteiger charge is -2.39. The summed E-state index contributed by atoms with van der Waals surface area (Å²) >= 11 is 0. The molecular formula is C17H20O8. The number of hydrogen-bond donors (Lipinski definition) is 6. The van der Waals surface area contributed by atoms with Crippen molar-refractivity contribution in [2.75, 3.05) is 0 Å². The standard InChI is InChI=1S/C17H20O8/c18-11(3-1-9-2-4-12(19)13(20)5-9)6-10-7-17(25,16(23)24)8-14(21)15(10)22/h1-5,10,14-15,19-22,25H,6-8H2,(H,23,24)/t10-,14-,15+,17-/m1/s1. The van der Waals surface area contributed by atoms with E-state index in [1.54, 1.807) is 0 Å². The van der Waals surface area contributed by atoms with E-state index in [2.05, 4.69) is 0 Å². The first-order valence-corrected chi connectivity index (χ1v) is 7.67. The van der Waals surface area contributed by atoms with Crippen LogP contribution in [0.4, 0.5) is 0 Å². The number of aromatic hydroxyl groups is 2. The van der Waals surface area contributed by atoms with Crippen molar-refractivity contribution in [3.63, 3.8) is 0 Å². The summed E-state index contributed by atoms with van der Waals surface area (Å²) in [6.07, 6.45) is -1.29. The molecule has 0 bridgehead atoms. The lowest BCUT2D eigenvalue weighted by molar-refractivity contribution is -0.179. The number of benzene rings is 1. The summed E-state index contributed by atoms with van der Waals surface area (Å²) in [5, 5.41) is 57.4. The predicted molar refractivity (Wildman–Crippen MR) is 85.8 cm³/mol. The average molecular weight is 352 g/mol. The zero-order valence-corrected chi connectivity index (χ0v) is 13.2. The van der Waals surface area contributed by atoms with Crippen LogP contribution in [0.15, 0.2) is 24.3 Å². The fourth-order valence-electron chi connectivity index (χ4n) is 2.95. The molecule has 8 nitrogen and oxygen atoms in total. The lowest BCUT2D eigenvalue weighted by atomic mass is 9.73. The van der Waals surface area contributed by atoms with Gasteiger partial charge in [-0.3, -0.25) is 4.79 Å². The second-order valence-electron chi connectivity index (χ2n) is 6.31. The molecule has 1 aromatic rings. The molecule has 0 amide bonds. The molecule has 4 atom stereocenters. The van der Waals surface area contributed by atoms with Crippen molar-refractivity contribution in [1.82, 2.24) is 0 Å². The molecule has 1 aromatic carbocycles. The van der Waals surface area contributed by atoms with Crippen LogP contribution in [0.5, 0.6) is 11.5 Å². The normalized spacial score (nSPS) is 29.6. The first-order valence-electron chi connectivity index (χ1n) is 7.67. The quantitative estimate of drug-likeness (QED) is 0.320. The van der Waals surface area contributed by atoms with Crippen molar-refractivity contribution in [2.24, 2.45) is 5.92 Å². The summed E-state index contributed by atoms with van der Waals surface area (Å²) in [7, 11) is 0. The third-order valence-corrected chi connectivity index (χ3v) is 4.35. The van der Waals surface area contributed by atoms with Crippen molar-refractivity contribution < 1.29 is 40.2 Å². The van der Waals surface area contributed by atoms with Crippen LogP contribution in [0.1, 0.15) is 24.8 Å². The minimum absolute atomic E-state index is 0.256. The van der Waals surface area contributed by atoms with Crippen LogP contribution < -0.4 is 0 Å². The monoisotopic (exact) mass is 352 g/mol. The Morgan fingerprint density at radius 1 is 1.16 bits per heavy atom. The van der Waals surface area contributed by atoms with Crippen LogP contribution in [-0.4, -0.2) is 60.2 Å². The molecule has 0 unspecified atom stereocenters. The Kier molecular flexibility index (Phi) is 5.46. The van der Waals surface area contributed by atoms with Gasteiger partial charge in [-0.15, -0.1) is 0 Å². The zero-order chi connectivity index (χ0) is 18.8. The number of carboxylic acid groups (broad SMARTS) is 1. The Balaban J connectivity index is 2.06. The molecule has 0 spiro atoms. The van der Waals surface area contributed by atoms with Crippen LogP contribution in [0, 0.1) is 5.92 Å². The number of aliphatic carboxylic acids is 1. The highest BCUT2D eigenvalue weighted by Crippen LogP contribution is 2.35. The number of aliphatic hydroxyl groups is 3. The highest BCUT2D eigenvalue weighted by atomic mass is 16.4. The van der Waals surface area contributed by atoms with Gasteiger partial charge in [-0.25, -0.2) is 4.79 Å². The molecule has 8 heteroatoms. The maximum absolute atomic E-state index is 12.0. The van der Waals surface area contributed by atoms with Gasteiger partial charge in [0.05, 0.1) is 12.2 Å².